The van der Waals surface area contributed by atoms with Gasteiger partial charge in [0.05, 0.1) is 6.20 Å². The van der Waals surface area contributed by atoms with Crippen LogP contribution in [0.25, 0.3) is 0 Å². The molecule has 2 N–H and O–H groups in total. The molecular weight excluding hydrogens is 200 g/mol. The van der Waals surface area contributed by atoms with Gasteiger partial charge in [0.2, 0.25) is 0 Å². The zero-order valence-electron chi connectivity index (χ0n) is 7.96. The van der Waals surface area contributed by atoms with Crippen molar-refractivity contribution in [2.24, 2.45) is 5.10 Å². The lowest BCUT2D eigenvalue weighted by Gasteiger charge is -2.29. The molecule has 1 saturated carbocycles. The van der Waals surface area contributed by atoms with Gasteiger partial charge in [-0.25, -0.2) is 0 Å². The van der Waals surface area contributed by atoms with Gasteiger partial charge >= 0.3 is 0 Å². The van der Waals surface area contributed by atoms with Crippen LogP contribution in [0.2, 0.25) is 0 Å². The van der Waals surface area contributed by atoms with Crippen LogP contribution in [0.5, 0.6) is 0 Å². The second-order valence-corrected chi connectivity index (χ2v) is 3.99. The molecule has 2 aliphatic rings. The maximum absolute atomic E-state index is 5.74. The molecule has 0 atom stereocenters. The van der Waals surface area contributed by atoms with Crippen LogP contribution >= 0.6 is 11.6 Å². The van der Waals surface area contributed by atoms with E-state index in [1.807, 2.05) is 0 Å². The van der Waals surface area contributed by atoms with Crippen LogP contribution in [0.1, 0.15) is 32.1 Å². The minimum absolute atomic E-state index is 0.437. The van der Waals surface area contributed by atoms with E-state index >= 15 is 0 Å². The summed E-state index contributed by atoms with van der Waals surface area (Å²) in [7, 11) is 0. The first-order valence-electron chi connectivity index (χ1n) is 4.99. The summed E-state index contributed by atoms with van der Waals surface area (Å²) in [4.78, 5) is 0. The third kappa shape index (κ3) is 2.62. The maximum atomic E-state index is 5.74. The van der Waals surface area contributed by atoms with Gasteiger partial charge in [-0.1, -0.05) is 30.9 Å². The lowest BCUT2D eigenvalue weighted by Crippen LogP contribution is -2.49. The van der Waals surface area contributed by atoms with Gasteiger partial charge in [0.15, 0.2) is 5.17 Å². The first-order valence-corrected chi connectivity index (χ1v) is 5.37. The van der Waals surface area contributed by atoms with E-state index in [2.05, 4.69) is 22.2 Å². The maximum Gasteiger partial charge on any atom is 0.154 e. The Hall–Kier alpha value is -0.740. The number of hydrazone groups is 1. The predicted molar refractivity (Wildman–Crippen MR) is 56.1 cm³/mol. The zero-order chi connectivity index (χ0) is 9.80. The Morgan fingerprint density at radius 2 is 2.29 bits per heavy atom. The lowest BCUT2D eigenvalue weighted by atomic mass is 9.96. The number of halogens is 1. The van der Waals surface area contributed by atoms with Gasteiger partial charge in [0.25, 0.3) is 0 Å². The molecule has 0 unspecified atom stereocenters. The fourth-order valence-electron chi connectivity index (χ4n) is 1.77. The molecule has 0 spiro atoms. The van der Waals surface area contributed by atoms with E-state index in [0.29, 0.717) is 11.2 Å². The number of allylic oxidation sites excluding steroid dienone is 1. The SMILES string of the molecule is ClC1=NN(NC2CCCCC2)N[C]=C1. The van der Waals surface area contributed by atoms with Crippen LogP contribution in [-0.4, -0.2) is 16.4 Å². The molecule has 1 fully saturated rings. The first kappa shape index (κ1) is 9.80. The van der Waals surface area contributed by atoms with Gasteiger partial charge in [-0.2, -0.15) is 5.43 Å². The Morgan fingerprint density at radius 1 is 1.50 bits per heavy atom. The topological polar surface area (TPSA) is 39.7 Å². The highest BCUT2D eigenvalue weighted by Crippen LogP contribution is 2.17. The summed E-state index contributed by atoms with van der Waals surface area (Å²) in [6, 6.07) is 0.504. The predicted octanol–water partition coefficient (Wildman–Crippen LogP) is 1.51. The van der Waals surface area contributed by atoms with E-state index in [4.69, 9.17) is 11.6 Å². The second kappa shape index (κ2) is 4.66. The number of hydrogen-bond acceptors (Lipinski definition) is 4. The molecule has 4 nitrogen and oxygen atoms in total. The van der Waals surface area contributed by atoms with Crippen LogP contribution in [0, 0.1) is 6.20 Å². The number of nitrogens with zero attached hydrogens (tertiary/aromatic N) is 2. The van der Waals surface area contributed by atoms with E-state index in [-0.39, 0.29) is 0 Å². The van der Waals surface area contributed by atoms with Gasteiger partial charge in [-0.3, -0.25) is 5.43 Å². The third-order valence-electron chi connectivity index (χ3n) is 2.47. The number of rotatable bonds is 2. The fraction of sp³-hybridized carbons (Fsp3) is 0.667. The average molecular weight is 214 g/mol. The molecule has 1 heterocycles. The van der Waals surface area contributed by atoms with Crippen molar-refractivity contribution in [3.05, 3.63) is 12.3 Å². The summed E-state index contributed by atoms with van der Waals surface area (Å²) in [5, 5.41) is 6.03. The highest BCUT2D eigenvalue weighted by Gasteiger charge is 2.16. The molecule has 0 saturated heterocycles. The normalized spacial score (nSPS) is 23.2. The summed E-state index contributed by atoms with van der Waals surface area (Å²) in [6.45, 7) is 0. The van der Waals surface area contributed by atoms with Gasteiger partial charge in [-0.05, 0) is 12.8 Å². The van der Waals surface area contributed by atoms with Crippen molar-refractivity contribution in [3.63, 3.8) is 0 Å². The Bertz CT molecular complexity index is 245. The Morgan fingerprint density at radius 3 is 3.00 bits per heavy atom. The van der Waals surface area contributed by atoms with Gasteiger partial charge < -0.3 is 0 Å². The smallest absolute Gasteiger partial charge is 0.154 e. The van der Waals surface area contributed by atoms with Crippen molar-refractivity contribution in [1.82, 2.24) is 16.1 Å². The number of nitrogens with one attached hydrogen (secondary N) is 2. The molecule has 1 aliphatic heterocycles. The molecule has 14 heavy (non-hydrogen) atoms. The van der Waals surface area contributed by atoms with E-state index in [1.165, 1.54) is 32.1 Å². The molecule has 0 aromatic carbocycles. The van der Waals surface area contributed by atoms with Crippen molar-refractivity contribution in [1.29, 1.82) is 0 Å². The quantitative estimate of drug-likeness (QED) is 0.731. The number of hydrazine groups is 2. The summed E-state index contributed by atoms with van der Waals surface area (Å²) in [6.07, 6.45) is 10.7. The second-order valence-electron chi connectivity index (χ2n) is 3.60. The molecule has 0 bridgehead atoms. The van der Waals surface area contributed by atoms with Crippen LogP contribution in [0.3, 0.4) is 0 Å². The zero-order valence-corrected chi connectivity index (χ0v) is 8.72. The summed E-state index contributed by atoms with van der Waals surface area (Å²) in [5.74, 6) is 0. The molecule has 1 radical (unpaired) electrons. The van der Waals surface area contributed by atoms with Gasteiger partial charge in [0.1, 0.15) is 0 Å². The standard InChI is InChI=1S/C9H14ClN4/c10-9-6-7-11-14(13-9)12-8-4-2-1-3-5-8/h6,8,11-12H,1-5H2. The fourth-order valence-corrected chi connectivity index (χ4v) is 1.90. The monoisotopic (exact) mass is 213 g/mol. The van der Waals surface area contributed by atoms with Crippen LogP contribution in [-0.2, 0) is 0 Å². The Labute approximate surface area is 88.9 Å². The van der Waals surface area contributed by atoms with Crippen LogP contribution < -0.4 is 10.9 Å². The molecule has 2 rings (SSSR count). The average Bonchev–Trinajstić information content (AvgIpc) is 2.19. The van der Waals surface area contributed by atoms with E-state index < -0.39 is 0 Å². The summed E-state index contributed by atoms with van der Waals surface area (Å²) >= 11 is 5.74. The van der Waals surface area contributed by atoms with Gasteiger partial charge in [0, 0.05) is 12.1 Å². The van der Waals surface area contributed by atoms with Crippen molar-refractivity contribution in [2.75, 3.05) is 0 Å². The minimum atomic E-state index is 0.437. The first-order chi connectivity index (χ1) is 6.84. The minimum Gasteiger partial charge on any atom is -0.265 e. The highest BCUT2D eigenvalue weighted by atomic mass is 35.5. The molecule has 1 aliphatic carbocycles. The summed E-state index contributed by atoms with van der Waals surface area (Å²) in [5.41, 5.74) is 6.10. The molecule has 0 aromatic heterocycles. The molecule has 5 heteroatoms. The number of hydrogen-bond donors (Lipinski definition) is 2. The van der Waals surface area contributed by atoms with Crippen LogP contribution in [0.4, 0.5) is 0 Å². The van der Waals surface area contributed by atoms with Crippen molar-refractivity contribution in [3.8, 4) is 0 Å². The van der Waals surface area contributed by atoms with Crippen molar-refractivity contribution >= 4 is 16.8 Å². The highest BCUT2D eigenvalue weighted by molar-refractivity contribution is 6.68. The van der Waals surface area contributed by atoms with Crippen molar-refractivity contribution in [2.45, 2.75) is 38.1 Å². The lowest BCUT2D eigenvalue weighted by molar-refractivity contribution is 0.0992. The Kier molecular flexibility index (Phi) is 3.26. The molecule has 77 valence electrons. The molecular formula is C9H14ClN4. The van der Waals surface area contributed by atoms with Gasteiger partial charge in [-0.15, -0.1) is 10.3 Å². The summed E-state index contributed by atoms with van der Waals surface area (Å²) < 4.78 is 0. The largest absolute Gasteiger partial charge is 0.265 e. The molecule has 0 amide bonds. The van der Waals surface area contributed by atoms with Crippen LogP contribution in [0.15, 0.2) is 11.2 Å². The van der Waals surface area contributed by atoms with Crippen molar-refractivity contribution < 1.29 is 0 Å². The molecule has 0 aromatic rings. The Balaban J connectivity index is 1.82. The third-order valence-corrected chi connectivity index (χ3v) is 2.65. The van der Waals surface area contributed by atoms with E-state index in [1.54, 1.807) is 11.3 Å². The van der Waals surface area contributed by atoms with E-state index in [0.717, 1.165) is 0 Å². The van der Waals surface area contributed by atoms with E-state index in [9.17, 15) is 0 Å².